The van der Waals surface area contributed by atoms with Crippen LogP contribution >= 0.6 is 23.1 Å². The number of benzene rings is 3. The molecule has 4 fully saturated rings. The van der Waals surface area contributed by atoms with E-state index in [0.717, 1.165) is 36.5 Å². The molecule has 16 amide bonds. The lowest BCUT2D eigenvalue weighted by molar-refractivity contribution is -0.149. The summed E-state index contributed by atoms with van der Waals surface area (Å²) in [6.45, 7) is 0.476. The summed E-state index contributed by atoms with van der Waals surface area (Å²) in [6, 6.07) is -3.12. The molecule has 4 aliphatic rings. The van der Waals surface area contributed by atoms with Crippen molar-refractivity contribution in [3.8, 4) is 5.75 Å². The fourth-order valence-corrected chi connectivity index (χ4v) is 18.4. The third-order valence-electron chi connectivity index (χ3n) is 23.6. The summed E-state index contributed by atoms with van der Waals surface area (Å²) >= 11 is 2.13. The maximum absolute atomic E-state index is 15.8. The predicted octanol–water partition coefficient (Wildman–Crippen LogP) is -3.16. The van der Waals surface area contributed by atoms with E-state index in [1.807, 2.05) is 32.0 Å². The van der Waals surface area contributed by atoms with Gasteiger partial charge >= 0.3 is 11.9 Å². The molecule has 712 valence electrons. The predicted molar refractivity (Wildman–Crippen MR) is 478 cm³/mol. The van der Waals surface area contributed by atoms with Crippen LogP contribution in [-0.2, 0) is 106 Å². The van der Waals surface area contributed by atoms with E-state index in [-0.39, 0.29) is 109 Å². The molecule has 0 unspecified atom stereocenters. The molecule has 6 heterocycles. The van der Waals surface area contributed by atoms with Gasteiger partial charge in [0.15, 0.2) is 0 Å². The van der Waals surface area contributed by atoms with Gasteiger partial charge in [0, 0.05) is 87.0 Å². The fourth-order valence-electron chi connectivity index (χ4n) is 16.6. The van der Waals surface area contributed by atoms with E-state index in [1.165, 1.54) is 59.5 Å². The largest absolute Gasteiger partial charge is 0.508 e. The Bertz CT molecular complexity index is 4960. The number of aromatic nitrogens is 1. The monoisotopic (exact) mass is 1860 g/mol. The van der Waals surface area contributed by atoms with Gasteiger partial charge in [-0.2, -0.15) is 0 Å². The number of aromatic amines is 1. The molecule has 42 nitrogen and oxygen atoms in total. The number of fused-ring (bicyclic) bond motifs is 5. The van der Waals surface area contributed by atoms with E-state index < -0.39 is 248 Å². The van der Waals surface area contributed by atoms with E-state index >= 15 is 33.6 Å². The summed E-state index contributed by atoms with van der Waals surface area (Å²) in [5.74, 6) is -20.3. The van der Waals surface area contributed by atoms with Gasteiger partial charge < -0.3 is 125 Å². The molecule has 22 N–H and O–H groups in total. The van der Waals surface area contributed by atoms with Gasteiger partial charge in [-0.3, -0.25) is 86.3 Å². The van der Waals surface area contributed by atoms with Crippen molar-refractivity contribution in [1.29, 1.82) is 0 Å². The number of phenolic OH excluding ortho intramolecular Hbond substituents is 1. The number of nitrogens with one attached hydrogen (secondary N) is 11. The number of aliphatic hydroxyl groups is 2. The molecule has 44 heteroatoms. The standard InChI is InChI=1S/C87H119N19O23S2/c1-5-7-20-64-79(121)95-55(19-13-30-88)75(117)101-63(74(116)92-41-70(90)110)45-130-46-71(111)93-58(34-47-25-27-50(108)28-26-47)84(126)104-32-14-22-65(104)80(122)99-60(38-72(112)113)85(127)105-33-15-23-66(105)81(123)100-62(43-107)78(120)98-61(39-73(114)115)86(128)106-42-51(109)37-68(106)82(124)96-57(35-48-40-91-54-18-11-9-16-52(48)54)77(119)94-56(29-31-89)76(118)97-59(36-49-44-131-69-24-12-10-17-53(49)69)83(125)103(4)67(21-8-6-2)87(129)102(64)3/h9-12,16-18,24-28,40,44,51,55-68,91,107-109H,5-8,13-15,19-23,29-39,41-43,45-46,88-89H2,1-4H3,(H2,90,110)(H,92,116)(H,93,111)(H,94,119)(H,95,121)(H,96,124)(H,97,118)(H,98,120)(H,99,122)(H,100,123)(H,101,117)(H,112,113)(H,114,115)/t51-,55+,56+,57+,58+,59+,60+,61+,62+,63+,64+,65+,66+,67+,68+/m1/s1. The molecule has 15 atom stereocenters. The molecule has 9 rings (SSSR count). The summed E-state index contributed by atoms with van der Waals surface area (Å²) in [5, 5.41) is 81.4. The first-order valence-electron chi connectivity index (χ1n) is 43.8. The number of hydrogen-bond donors (Lipinski definition) is 19. The SMILES string of the molecule is CCCC[C@H]1C(=O)N(C)[C@@H](CCCC)C(=O)N[C@@H](CCCN)C(=O)N[C@H](C(=O)NCC(N)=O)CSCC(=O)N[C@@H](Cc2ccc(O)cc2)C(=O)N2CCC[C@H]2C(=O)N[C@@H](CC(=O)O)C(=O)N2CCC[C@H]2C(=O)N[C@@H](CO)C(=O)N[C@@H](CC(=O)O)C(=O)N2C[C@H](O)C[C@H]2C(=O)N[C@@H](Cc2c[nH]c3ccccc23)C(=O)N[C@@H](CCN)C(=O)N[C@@H](Cc2csc3ccccc23)C(=O)N1C. The normalized spacial score (nSPS) is 25.6. The number of carbonyl (C=O) groups is 18. The molecule has 0 aliphatic carbocycles. The van der Waals surface area contributed by atoms with E-state index in [2.05, 4.69) is 58.2 Å². The topological polar surface area (TPSA) is 639 Å². The minimum absolute atomic E-state index is 0.00194. The summed E-state index contributed by atoms with van der Waals surface area (Å²) in [4.78, 5) is 269. The number of nitrogens with zero attached hydrogens (tertiary/aromatic N) is 5. The third-order valence-corrected chi connectivity index (χ3v) is 25.6. The van der Waals surface area contributed by atoms with Gasteiger partial charge in [0.25, 0.3) is 0 Å². The number of rotatable bonds is 25. The van der Waals surface area contributed by atoms with Gasteiger partial charge in [-0.15, -0.1) is 23.1 Å². The number of hydrogen-bond acceptors (Lipinski definition) is 25. The number of carbonyl (C=O) groups excluding carboxylic acids is 16. The zero-order valence-corrected chi connectivity index (χ0v) is 75.0. The summed E-state index contributed by atoms with van der Waals surface area (Å²) in [6.07, 6.45) is -2.10. The van der Waals surface area contributed by atoms with E-state index in [1.54, 1.807) is 41.9 Å². The first-order valence-corrected chi connectivity index (χ1v) is 45.8. The third kappa shape index (κ3) is 27.8. The molecule has 4 saturated heterocycles. The van der Waals surface area contributed by atoms with Gasteiger partial charge in [0.2, 0.25) is 94.5 Å². The number of likely N-dealkylation sites (N-methyl/N-ethyl adjacent to an activating group) is 2. The quantitative estimate of drug-likeness (QED) is 0.0274. The lowest BCUT2D eigenvalue weighted by atomic mass is 9.99. The van der Waals surface area contributed by atoms with Crippen LogP contribution in [0.25, 0.3) is 21.0 Å². The van der Waals surface area contributed by atoms with Crippen LogP contribution in [0.5, 0.6) is 5.75 Å². The van der Waals surface area contributed by atoms with Crippen LogP contribution in [0.15, 0.2) is 84.4 Å². The number of nitrogens with two attached hydrogens (primary N) is 3. The average Bonchev–Trinajstić information content (AvgIpc) is 1.67. The number of aliphatic carboxylic acids is 2. The van der Waals surface area contributed by atoms with Gasteiger partial charge in [0.1, 0.15) is 90.3 Å². The van der Waals surface area contributed by atoms with Crippen LogP contribution in [-0.4, -0.2) is 324 Å². The maximum atomic E-state index is 15.8. The van der Waals surface area contributed by atoms with Crippen molar-refractivity contribution in [2.45, 2.75) is 227 Å². The highest BCUT2D eigenvalue weighted by atomic mass is 32.2. The molecule has 3 aromatic carbocycles. The summed E-state index contributed by atoms with van der Waals surface area (Å²) in [7, 11) is 2.73. The molecule has 5 aromatic rings. The second-order valence-electron chi connectivity index (χ2n) is 33.1. The smallest absolute Gasteiger partial charge is 0.305 e. The van der Waals surface area contributed by atoms with E-state index in [0.29, 0.717) is 53.3 Å². The lowest BCUT2D eigenvalue weighted by Crippen LogP contribution is -2.61. The number of aromatic hydroxyl groups is 1. The van der Waals surface area contributed by atoms with Crippen molar-refractivity contribution in [2.75, 3.05) is 71.5 Å². The number of thioether (sulfide) groups is 1. The lowest BCUT2D eigenvalue weighted by Gasteiger charge is -2.36. The van der Waals surface area contributed by atoms with Crippen LogP contribution in [0, 0.1) is 0 Å². The highest BCUT2D eigenvalue weighted by molar-refractivity contribution is 8.00. The number of phenols is 1. The van der Waals surface area contributed by atoms with Gasteiger partial charge in [0.05, 0.1) is 37.9 Å². The molecule has 2 aromatic heterocycles. The van der Waals surface area contributed by atoms with Crippen molar-refractivity contribution >= 4 is 151 Å². The Labute approximate surface area is 763 Å². The molecular weight excluding hydrogens is 1740 g/mol. The highest BCUT2D eigenvalue weighted by Crippen LogP contribution is 2.30. The van der Waals surface area contributed by atoms with E-state index in [4.69, 9.17) is 17.2 Å². The zero-order chi connectivity index (χ0) is 95.4. The van der Waals surface area contributed by atoms with Crippen molar-refractivity contribution in [2.24, 2.45) is 17.2 Å². The van der Waals surface area contributed by atoms with E-state index in [9.17, 15) is 78.3 Å². The Morgan fingerprint density at radius 2 is 1.02 bits per heavy atom. The van der Waals surface area contributed by atoms with Gasteiger partial charge in [-0.25, -0.2) is 0 Å². The van der Waals surface area contributed by atoms with Gasteiger partial charge in [-0.05, 0) is 123 Å². The van der Waals surface area contributed by atoms with Crippen LogP contribution in [0.3, 0.4) is 0 Å². The second-order valence-corrected chi connectivity index (χ2v) is 35.0. The first kappa shape index (κ1) is 102. The minimum Gasteiger partial charge on any atom is -0.508 e. The molecule has 4 aliphatic heterocycles. The number of primary amides is 1. The number of thiophene rings is 1. The molecular formula is C87H119N19O23S2. The number of carboxylic acid groups (broad SMARTS) is 2. The molecule has 0 saturated carbocycles. The van der Waals surface area contributed by atoms with Crippen LogP contribution in [0.4, 0.5) is 0 Å². The minimum atomic E-state index is -2.12. The fraction of sp³-hybridized carbons (Fsp3) is 0.540. The Kier molecular flexibility index (Phi) is 38.3. The molecule has 0 bridgehead atoms. The number of carboxylic acids is 2. The Balaban J connectivity index is 1.09. The number of aliphatic hydroxyl groups excluding tert-OH is 2. The Hall–Kier alpha value is -12.4. The first-order chi connectivity index (χ1) is 62.6. The van der Waals surface area contributed by atoms with Crippen molar-refractivity contribution in [3.63, 3.8) is 0 Å². The number of H-pyrrole nitrogens is 1. The molecule has 0 spiro atoms. The van der Waals surface area contributed by atoms with Crippen molar-refractivity contribution < 1.29 is 112 Å². The zero-order valence-electron chi connectivity index (χ0n) is 73.4. The Morgan fingerprint density at radius 3 is 1.64 bits per heavy atom. The molecule has 0 radical (unpaired) electrons. The van der Waals surface area contributed by atoms with Crippen LogP contribution in [0.2, 0.25) is 0 Å². The number of amides is 16. The number of para-hydroxylation sites is 1. The van der Waals surface area contributed by atoms with Crippen molar-refractivity contribution in [1.82, 2.24) is 82.7 Å². The van der Waals surface area contributed by atoms with Crippen LogP contribution < -0.4 is 70.4 Å². The van der Waals surface area contributed by atoms with Gasteiger partial charge in [-0.1, -0.05) is 88.1 Å². The highest BCUT2D eigenvalue weighted by Gasteiger charge is 2.48. The summed E-state index contributed by atoms with van der Waals surface area (Å²) < 4.78 is 0.818. The maximum Gasteiger partial charge on any atom is 0.305 e. The number of unbranched alkanes of at least 4 members (excludes halogenated alkanes) is 2. The average molecular weight is 1860 g/mol. The van der Waals surface area contributed by atoms with Crippen LogP contribution in [0.1, 0.15) is 133 Å². The second kappa shape index (κ2) is 49.0. The molecule has 131 heavy (non-hydrogen) atoms. The Morgan fingerprint density at radius 1 is 0.511 bits per heavy atom. The van der Waals surface area contributed by atoms with Crippen molar-refractivity contribution in [3.05, 3.63) is 101 Å². The summed E-state index contributed by atoms with van der Waals surface area (Å²) in [5.41, 5.74) is 19.7.